The normalized spacial score (nSPS) is 20.3. The van der Waals surface area contributed by atoms with Crippen molar-refractivity contribution in [2.75, 3.05) is 18.9 Å². The SMILES string of the molecule is C[C@H](Nc1ncc(F)c(-c2cnc3c(Cl)cccn23)n1)c1ccc(C(O)[C@]2(C)CCCN2C)cc1. The number of likely N-dealkylation sites (tertiary alicyclic amines) is 1. The Morgan fingerprint density at radius 3 is 2.60 bits per heavy atom. The Balaban J connectivity index is 1.36. The van der Waals surface area contributed by atoms with E-state index in [1.54, 1.807) is 28.9 Å². The molecule has 1 aliphatic rings. The van der Waals surface area contributed by atoms with Crippen molar-refractivity contribution in [1.29, 1.82) is 0 Å². The molecule has 5 rings (SSSR count). The highest BCUT2D eigenvalue weighted by atomic mass is 35.5. The van der Waals surface area contributed by atoms with Crippen LogP contribution in [-0.2, 0) is 0 Å². The lowest BCUT2D eigenvalue weighted by Gasteiger charge is -2.37. The van der Waals surface area contributed by atoms with Crippen molar-refractivity contribution in [3.05, 3.63) is 77.0 Å². The van der Waals surface area contributed by atoms with E-state index >= 15 is 0 Å². The number of benzene rings is 1. The maximum Gasteiger partial charge on any atom is 0.223 e. The van der Waals surface area contributed by atoms with E-state index in [9.17, 15) is 9.50 Å². The molecule has 0 saturated carbocycles. The first-order valence-electron chi connectivity index (χ1n) is 11.7. The third kappa shape index (κ3) is 4.26. The predicted octanol–water partition coefficient (Wildman–Crippen LogP) is 5.27. The number of rotatable bonds is 6. The number of nitrogens with one attached hydrogen (secondary N) is 1. The summed E-state index contributed by atoms with van der Waals surface area (Å²) in [6, 6.07) is 11.3. The van der Waals surface area contributed by atoms with Crippen LogP contribution in [-0.4, -0.2) is 48.5 Å². The van der Waals surface area contributed by atoms with Crippen molar-refractivity contribution in [3.8, 4) is 11.4 Å². The first kappa shape index (κ1) is 23.7. The Bertz CT molecular complexity index is 1360. The van der Waals surface area contributed by atoms with Crippen LogP contribution < -0.4 is 5.32 Å². The molecular weight excluding hydrogens is 467 g/mol. The molecule has 1 fully saturated rings. The largest absolute Gasteiger partial charge is 0.386 e. The van der Waals surface area contributed by atoms with Gasteiger partial charge in [0.2, 0.25) is 5.95 Å². The van der Waals surface area contributed by atoms with Gasteiger partial charge in [-0.3, -0.25) is 9.30 Å². The van der Waals surface area contributed by atoms with Crippen molar-refractivity contribution in [2.24, 2.45) is 0 Å². The molecule has 4 heterocycles. The van der Waals surface area contributed by atoms with Gasteiger partial charge in [-0.1, -0.05) is 35.9 Å². The molecule has 35 heavy (non-hydrogen) atoms. The van der Waals surface area contributed by atoms with E-state index < -0.39 is 11.9 Å². The zero-order valence-corrected chi connectivity index (χ0v) is 20.7. The van der Waals surface area contributed by atoms with Crippen molar-refractivity contribution in [2.45, 2.75) is 44.4 Å². The quantitative estimate of drug-likeness (QED) is 0.380. The fourth-order valence-corrected chi connectivity index (χ4v) is 5.05. The molecule has 182 valence electrons. The van der Waals surface area contributed by atoms with Crippen LogP contribution >= 0.6 is 11.6 Å². The summed E-state index contributed by atoms with van der Waals surface area (Å²) in [6.45, 7) is 5.09. The molecular formula is C26H28ClFN6O. The van der Waals surface area contributed by atoms with Gasteiger partial charge in [0.1, 0.15) is 5.69 Å². The topological polar surface area (TPSA) is 78.6 Å². The number of likely N-dealkylation sites (N-methyl/N-ethyl adjacent to an activating group) is 1. The van der Waals surface area contributed by atoms with Gasteiger partial charge < -0.3 is 10.4 Å². The Labute approximate surface area is 208 Å². The molecule has 1 saturated heterocycles. The van der Waals surface area contributed by atoms with E-state index in [0.29, 0.717) is 22.3 Å². The van der Waals surface area contributed by atoms with Crippen molar-refractivity contribution in [1.82, 2.24) is 24.3 Å². The maximum atomic E-state index is 14.7. The van der Waals surface area contributed by atoms with Crippen LogP contribution in [0.4, 0.5) is 10.3 Å². The van der Waals surface area contributed by atoms with Gasteiger partial charge in [0, 0.05) is 11.7 Å². The average molecular weight is 495 g/mol. The number of aromatic nitrogens is 4. The summed E-state index contributed by atoms with van der Waals surface area (Å²) >= 11 is 6.21. The Morgan fingerprint density at radius 2 is 1.89 bits per heavy atom. The molecule has 0 bridgehead atoms. The standard InChI is InChI=1S/C26H28ClFN6O/c1-16(17-7-9-18(10-8-17)23(35)26(2)11-5-12-33(26)3)31-25-30-14-20(28)22(32-25)21-15-29-24-19(27)6-4-13-34(21)24/h4,6-10,13-16,23,35H,5,11-12H2,1-3H3,(H,30,31,32)/t16-,23?,26-/m0/s1. The molecule has 0 radical (unpaired) electrons. The highest BCUT2D eigenvalue weighted by Crippen LogP contribution is 2.39. The second-order valence-corrected chi connectivity index (χ2v) is 9.81. The van der Waals surface area contributed by atoms with Gasteiger partial charge in [0.25, 0.3) is 0 Å². The van der Waals surface area contributed by atoms with Crippen LogP contribution in [0.25, 0.3) is 17.0 Å². The van der Waals surface area contributed by atoms with E-state index in [0.717, 1.165) is 36.7 Å². The van der Waals surface area contributed by atoms with Crippen LogP contribution in [0.5, 0.6) is 0 Å². The average Bonchev–Trinajstić information content (AvgIpc) is 3.44. The molecule has 1 aliphatic heterocycles. The lowest BCUT2D eigenvalue weighted by Crippen LogP contribution is -2.43. The number of hydrogen-bond acceptors (Lipinski definition) is 6. The van der Waals surface area contributed by atoms with E-state index in [1.807, 2.05) is 31.2 Å². The van der Waals surface area contributed by atoms with Crippen molar-refractivity contribution < 1.29 is 9.50 Å². The Kier molecular flexibility index (Phi) is 6.21. The lowest BCUT2D eigenvalue weighted by atomic mass is 9.86. The van der Waals surface area contributed by atoms with Crippen LogP contribution in [0, 0.1) is 5.82 Å². The molecule has 1 aromatic carbocycles. The highest BCUT2D eigenvalue weighted by Gasteiger charge is 2.41. The van der Waals surface area contributed by atoms with Gasteiger partial charge >= 0.3 is 0 Å². The predicted molar refractivity (Wildman–Crippen MR) is 135 cm³/mol. The minimum Gasteiger partial charge on any atom is -0.386 e. The van der Waals surface area contributed by atoms with E-state index in [-0.39, 0.29) is 17.3 Å². The monoisotopic (exact) mass is 494 g/mol. The van der Waals surface area contributed by atoms with E-state index in [1.165, 1.54) is 0 Å². The number of aliphatic hydroxyl groups is 1. The zero-order valence-electron chi connectivity index (χ0n) is 19.9. The number of hydrogen-bond donors (Lipinski definition) is 2. The number of halogens is 2. The fourth-order valence-electron chi connectivity index (χ4n) is 4.84. The van der Waals surface area contributed by atoms with E-state index in [4.69, 9.17) is 11.6 Å². The van der Waals surface area contributed by atoms with Gasteiger partial charge in [-0.25, -0.2) is 19.3 Å². The molecule has 2 N–H and O–H groups in total. The molecule has 3 atom stereocenters. The second kappa shape index (κ2) is 9.18. The Morgan fingerprint density at radius 1 is 1.14 bits per heavy atom. The third-order valence-electron chi connectivity index (χ3n) is 7.21. The molecule has 0 amide bonds. The van der Waals surface area contributed by atoms with E-state index in [2.05, 4.69) is 39.1 Å². The van der Waals surface area contributed by atoms with Crippen LogP contribution in [0.2, 0.25) is 5.02 Å². The van der Waals surface area contributed by atoms with Crippen LogP contribution in [0.3, 0.4) is 0 Å². The van der Waals surface area contributed by atoms with Crippen LogP contribution in [0.1, 0.15) is 50.0 Å². The number of pyridine rings is 1. The van der Waals surface area contributed by atoms with Gasteiger partial charge in [-0.15, -0.1) is 0 Å². The van der Waals surface area contributed by atoms with Gasteiger partial charge in [-0.2, -0.15) is 0 Å². The highest BCUT2D eigenvalue weighted by molar-refractivity contribution is 6.33. The van der Waals surface area contributed by atoms with Gasteiger partial charge in [-0.05, 0) is 63.5 Å². The van der Waals surface area contributed by atoms with Crippen molar-refractivity contribution >= 4 is 23.2 Å². The second-order valence-electron chi connectivity index (χ2n) is 9.40. The van der Waals surface area contributed by atoms with Gasteiger partial charge in [0.05, 0.1) is 35.3 Å². The molecule has 9 heteroatoms. The number of anilines is 1. The minimum absolute atomic E-state index is 0.136. The molecule has 1 unspecified atom stereocenters. The smallest absolute Gasteiger partial charge is 0.223 e. The molecule has 3 aromatic heterocycles. The number of fused-ring (bicyclic) bond motifs is 1. The maximum absolute atomic E-state index is 14.7. The summed E-state index contributed by atoms with van der Waals surface area (Å²) in [5.41, 5.74) is 2.79. The number of imidazole rings is 1. The zero-order chi connectivity index (χ0) is 24.7. The summed E-state index contributed by atoms with van der Waals surface area (Å²) < 4.78 is 16.4. The molecule has 4 aromatic rings. The first-order chi connectivity index (χ1) is 16.8. The number of nitrogens with zero attached hydrogens (tertiary/aromatic N) is 5. The molecule has 0 aliphatic carbocycles. The Hall–Kier alpha value is -3.07. The minimum atomic E-state index is -0.561. The fraction of sp³-hybridized carbons (Fsp3) is 0.346. The molecule has 0 spiro atoms. The summed E-state index contributed by atoms with van der Waals surface area (Å²) in [4.78, 5) is 15.1. The van der Waals surface area contributed by atoms with Crippen molar-refractivity contribution in [3.63, 3.8) is 0 Å². The summed E-state index contributed by atoms with van der Waals surface area (Å²) in [5.74, 6) is -0.247. The van der Waals surface area contributed by atoms with Crippen LogP contribution in [0.15, 0.2) is 55.0 Å². The summed E-state index contributed by atoms with van der Waals surface area (Å²) in [7, 11) is 2.06. The summed E-state index contributed by atoms with van der Waals surface area (Å²) in [6.07, 6.45) is 5.96. The van der Waals surface area contributed by atoms with Gasteiger partial charge in [0.15, 0.2) is 11.5 Å². The molecule has 7 nitrogen and oxygen atoms in total. The number of aliphatic hydroxyl groups excluding tert-OH is 1. The third-order valence-corrected chi connectivity index (χ3v) is 7.51. The summed E-state index contributed by atoms with van der Waals surface area (Å²) in [5, 5.41) is 14.8. The lowest BCUT2D eigenvalue weighted by molar-refractivity contribution is 0.0158. The first-order valence-corrected chi connectivity index (χ1v) is 12.1.